The smallest absolute Gasteiger partial charge is 0.0572 e. The van der Waals surface area contributed by atoms with E-state index in [-0.39, 0.29) is 12.4 Å². The van der Waals surface area contributed by atoms with Gasteiger partial charge in [0.05, 0.1) is 7.11 Å². The summed E-state index contributed by atoms with van der Waals surface area (Å²) in [5, 5.41) is 0. The Bertz CT molecular complexity index is 71.3. The molecule has 0 aromatic rings. The number of nitrogens with one attached hydrogen (secondary N) is 1. The second kappa shape index (κ2) is 5.96. The van der Waals surface area contributed by atoms with Crippen LogP contribution in [0.1, 0.15) is 32.1 Å². The monoisotopic (exact) mass is 165 g/mol. The molecule has 0 radical (unpaired) electrons. The summed E-state index contributed by atoms with van der Waals surface area (Å²) >= 11 is 0. The standard InChI is InChI=1S/C7H15NO.ClH/c1-9-8-7-5-3-2-4-6-7;/h7-8H,2-6H2,1H3;1H. The van der Waals surface area contributed by atoms with Gasteiger partial charge in [-0.05, 0) is 12.8 Å². The van der Waals surface area contributed by atoms with Crippen LogP contribution in [0, 0.1) is 0 Å². The summed E-state index contributed by atoms with van der Waals surface area (Å²) < 4.78 is 0. The molecule has 1 rings (SSSR count). The average molecular weight is 166 g/mol. The number of hydrogen-bond donors (Lipinski definition) is 1. The average Bonchev–Trinajstić information content (AvgIpc) is 1.91. The first kappa shape index (κ1) is 10.2. The van der Waals surface area contributed by atoms with Crippen molar-refractivity contribution in [1.82, 2.24) is 5.48 Å². The first-order valence-corrected chi connectivity index (χ1v) is 3.72. The van der Waals surface area contributed by atoms with Gasteiger partial charge in [-0.3, -0.25) is 0 Å². The van der Waals surface area contributed by atoms with Gasteiger partial charge in [-0.25, -0.2) is 0 Å². The highest BCUT2D eigenvalue weighted by atomic mass is 35.5. The van der Waals surface area contributed by atoms with Gasteiger partial charge in [0.1, 0.15) is 0 Å². The van der Waals surface area contributed by atoms with Crippen molar-refractivity contribution < 1.29 is 4.84 Å². The van der Waals surface area contributed by atoms with Gasteiger partial charge in [-0.2, -0.15) is 5.48 Å². The van der Waals surface area contributed by atoms with Crippen LogP contribution in [0.4, 0.5) is 0 Å². The lowest BCUT2D eigenvalue weighted by Crippen LogP contribution is -2.29. The molecule has 0 saturated heterocycles. The molecule has 0 bridgehead atoms. The number of hydrogen-bond acceptors (Lipinski definition) is 2. The molecule has 1 aliphatic rings. The normalized spacial score (nSPS) is 20.1. The van der Waals surface area contributed by atoms with Crippen molar-refractivity contribution in [1.29, 1.82) is 0 Å². The van der Waals surface area contributed by atoms with Crippen molar-refractivity contribution in [3.63, 3.8) is 0 Å². The van der Waals surface area contributed by atoms with E-state index in [0.717, 1.165) is 0 Å². The third kappa shape index (κ3) is 3.40. The second-order valence-corrected chi connectivity index (χ2v) is 2.66. The van der Waals surface area contributed by atoms with Gasteiger partial charge < -0.3 is 4.84 Å². The summed E-state index contributed by atoms with van der Waals surface area (Å²) in [5.74, 6) is 0. The lowest BCUT2D eigenvalue weighted by molar-refractivity contribution is 0.0489. The Morgan fingerprint density at radius 3 is 2.30 bits per heavy atom. The van der Waals surface area contributed by atoms with Crippen LogP contribution in [0.25, 0.3) is 0 Å². The molecular formula is C7H16ClNO. The molecule has 0 aromatic heterocycles. The van der Waals surface area contributed by atoms with Crippen LogP contribution in [-0.2, 0) is 4.84 Å². The molecule has 0 unspecified atom stereocenters. The van der Waals surface area contributed by atoms with Gasteiger partial charge in [-0.1, -0.05) is 19.3 Å². The molecule has 0 aromatic carbocycles. The summed E-state index contributed by atoms with van der Waals surface area (Å²) in [6, 6.07) is 0.628. The fourth-order valence-electron chi connectivity index (χ4n) is 1.39. The minimum atomic E-state index is 0. The first-order chi connectivity index (χ1) is 4.43. The zero-order chi connectivity index (χ0) is 6.53. The molecular weight excluding hydrogens is 150 g/mol. The van der Waals surface area contributed by atoms with Gasteiger partial charge >= 0.3 is 0 Å². The summed E-state index contributed by atoms with van der Waals surface area (Å²) in [5.41, 5.74) is 2.98. The Morgan fingerprint density at radius 2 is 1.80 bits per heavy atom. The minimum Gasteiger partial charge on any atom is -0.305 e. The molecule has 0 aliphatic heterocycles. The quantitative estimate of drug-likeness (QED) is 0.632. The molecule has 0 amide bonds. The molecule has 62 valence electrons. The van der Waals surface area contributed by atoms with Gasteiger partial charge in [0, 0.05) is 6.04 Å². The third-order valence-corrected chi connectivity index (χ3v) is 1.89. The van der Waals surface area contributed by atoms with Crippen LogP contribution in [0.5, 0.6) is 0 Å². The molecule has 1 fully saturated rings. The maximum Gasteiger partial charge on any atom is 0.0572 e. The van der Waals surface area contributed by atoms with Crippen LogP contribution in [0.2, 0.25) is 0 Å². The Kier molecular flexibility index (Phi) is 6.08. The molecule has 0 heterocycles. The van der Waals surface area contributed by atoms with Crippen LogP contribution in [-0.4, -0.2) is 13.2 Å². The van der Waals surface area contributed by atoms with E-state index in [2.05, 4.69) is 5.48 Å². The van der Waals surface area contributed by atoms with Crippen molar-refractivity contribution in [3.8, 4) is 0 Å². The van der Waals surface area contributed by atoms with E-state index < -0.39 is 0 Å². The Balaban J connectivity index is 0.000000810. The molecule has 1 aliphatic carbocycles. The SMILES string of the molecule is CONC1CCCCC1.Cl. The molecule has 2 nitrogen and oxygen atoms in total. The van der Waals surface area contributed by atoms with E-state index >= 15 is 0 Å². The molecule has 0 spiro atoms. The predicted octanol–water partition coefficient (Wildman–Crippen LogP) is 1.89. The fraction of sp³-hybridized carbons (Fsp3) is 1.00. The number of halogens is 1. The lowest BCUT2D eigenvalue weighted by Gasteiger charge is -2.20. The van der Waals surface area contributed by atoms with Crippen molar-refractivity contribution in [2.75, 3.05) is 7.11 Å². The van der Waals surface area contributed by atoms with Crippen LogP contribution in [0.15, 0.2) is 0 Å². The van der Waals surface area contributed by atoms with E-state index in [9.17, 15) is 0 Å². The number of rotatable bonds is 2. The van der Waals surface area contributed by atoms with E-state index in [4.69, 9.17) is 4.84 Å². The zero-order valence-corrected chi connectivity index (χ0v) is 7.25. The van der Waals surface area contributed by atoms with Crippen molar-refractivity contribution in [2.24, 2.45) is 0 Å². The van der Waals surface area contributed by atoms with E-state index in [1.807, 2.05) is 0 Å². The molecule has 0 atom stereocenters. The largest absolute Gasteiger partial charge is 0.305 e. The van der Waals surface area contributed by atoms with Crippen molar-refractivity contribution in [3.05, 3.63) is 0 Å². The Hall–Kier alpha value is 0.210. The van der Waals surface area contributed by atoms with E-state index in [1.165, 1.54) is 32.1 Å². The zero-order valence-electron chi connectivity index (χ0n) is 6.43. The summed E-state index contributed by atoms with van der Waals surface area (Å²) in [7, 11) is 1.69. The maximum absolute atomic E-state index is 4.83. The summed E-state index contributed by atoms with van der Waals surface area (Å²) in [4.78, 5) is 4.83. The highest BCUT2D eigenvalue weighted by molar-refractivity contribution is 5.85. The highest BCUT2D eigenvalue weighted by Crippen LogP contribution is 2.16. The van der Waals surface area contributed by atoms with Crippen LogP contribution >= 0.6 is 12.4 Å². The molecule has 10 heavy (non-hydrogen) atoms. The molecule has 3 heteroatoms. The Labute approximate surface area is 68.7 Å². The third-order valence-electron chi connectivity index (χ3n) is 1.89. The van der Waals surface area contributed by atoms with Crippen LogP contribution in [0.3, 0.4) is 0 Å². The topological polar surface area (TPSA) is 21.3 Å². The highest BCUT2D eigenvalue weighted by Gasteiger charge is 2.11. The van der Waals surface area contributed by atoms with Crippen molar-refractivity contribution >= 4 is 12.4 Å². The first-order valence-electron chi connectivity index (χ1n) is 3.72. The number of hydroxylamine groups is 1. The van der Waals surface area contributed by atoms with Crippen LogP contribution < -0.4 is 5.48 Å². The fourth-order valence-corrected chi connectivity index (χ4v) is 1.39. The molecule has 1 saturated carbocycles. The van der Waals surface area contributed by atoms with E-state index in [1.54, 1.807) is 7.11 Å². The van der Waals surface area contributed by atoms with Gasteiger partial charge in [-0.15, -0.1) is 12.4 Å². The Morgan fingerprint density at radius 1 is 1.20 bits per heavy atom. The minimum absolute atomic E-state index is 0. The summed E-state index contributed by atoms with van der Waals surface area (Å²) in [6.07, 6.45) is 6.70. The van der Waals surface area contributed by atoms with Gasteiger partial charge in [0.25, 0.3) is 0 Å². The van der Waals surface area contributed by atoms with Gasteiger partial charge in [0.2, 0.25) is 0 Å². The van der Waals surface area contributed by atoms with Crippen molar-refractivity contribution in [2.45, 2.75) is 38.1 Å². The lowest BCUT2D eigenvalue weighted by atomic mass is 9.96. The molecule has 1 N–H and O–H groups in total. The predicted molar refractivity (Wildman–Crippen MR) is 44.3 cm³/mol. The second-order valence-electron chi connectivity index (χ2n) is 2.66. The summed E-state index contributed by atoms with van der Waals surface area (Å²) in [6.45, 7) is 0. The maximum atomic E-state index is 4.83. The van der Waals surface area contributed by atoms with E-state index in [0.29, 0.717) is 6.04 Å². The van der Waals surface area contributed by atoms with Gasteiger partial charge in [0.15, 0.2) is 0 Å².